The van der Waals surface area contributed by atoms with Crippen LogP contribution in [-0.4, -0.2) is 31.6 Å². The number of anilines is 1. The fraction of sp³-hybridized carbons (Fsp3) is 0.778. The number of hydrogen-bond donors (Lipinski definition) is 1. The summed E-state index contributed by atoms with van der Waals surface area (Å²) in [6.45, 7) is 4.75. The maximum Gasteiger partial charge on any atom is 0.202 e. The van der Waals surface area contributed by atoms with Gasteiger partial charge >= 0.3 is 0 Å². The van der Waals surface area contributed by atoms with Gasteiger partial charge in [0.1, 0.15) is 5.82 Å². The third-order valence-corrected chi connectivity index (χ3v) is 4.06. The predicted molar refractivity (Wildman–Crippen MR) is 65.9 cm³/mol. The first-order valence-electron chi connectivity index (χ1n) is 5.02. The zero-order valence-electron chi connectivity index (χ0n) is 9.32. The molecular weight excluding hydrogens is 230 g/mol. The van der Waals surface area contributed by atoms with Crippen LogP contribution in [0.4, 0.5) is 5.13 Å². The van der Waals surface area contributed by atoms with Crippen LogP contribution in [-0.2, 0) is 17.2 Å². The van der Waals surface area contributed by atoms with Crippen LogP contribution in [0.2, 0.25) is 0 Å². The second-order valence-electron chi connectivity index (χ2n) is 3.46. The molecule has 2 unspecified atom stereocenters. The molecule has 0 radical (unpaired) electrons. The minimum absolute atomic E-state index is 0.142. The zero-order chi connectivity index (χ0) is 11.3. The smallest absolute Gasteiger partial charge is 0.202 e. The molecule has 0 saturated carbocycles. The van der Waals surface area contributed by atoms with Crippen LogP contribution < -0.4 is 5.32 Å². The lowest BCUT2D eigenvalue weighted by Gasteiger charge is -2.07. The van der Waals surface area contributed by atoms with Crippen molar-refractivity contribution in [1.29, 1.82) is 0 Å². The van der Waals surface area contributed by atoms with E-state index in [-0.39, 0.29) is 5.25 Å². The Hall–Kier alpha value is -0.490. The van der Waals surface area contributed by atoms with Crippen LogP contribution >= 0.6 is 11.5 Å². The highest BCUT2D eigenvalue weighted by atomic mass is 32.2. The van der Waals surface area contributed by atoms with Crippen molar-refractivity contribution in [2.45, 2.75) is 31.9 Å². The van der Waals surface area contributed by atoms with Crippen LogP contribution in [0.3, 0.4) is 0 Å². The SMILES string of the molecule is CCCc1nsc(NCC(C)S(C)=O)n1. The van der Waals surface area contributed by atoms with E-state index >= 15 is 0 Å². The van der Waals surface area contributed by atoms with Crippen molar-refractivity contribution in [2.75, 3.05) is 18.1 Å². The molecule has 0 amide bonds. The molecule has 0 aromatic carbocycles. The molecule has 0 spiro atoms. The summed E-state index contributed by atoms with van der Waals surface area (Å²) in [6, 6.07) is 0. The topological polar surface area (TPSA) is 54.9 Å². The van der Waals surface area contributed by atoms with E-state index in [2.05, 4.69) is 21.6 Å². The summed E-state index contributed by atoms with van der Waals surface area (Å²) in [6.07, 6.45) is 3.70. The van der Waals surface area contributed by atoms with Gasteiger partial charge in [-0.25, -0.2) is 4.98 Å². The second-order valence-corrected chi connectivity index (χ2v) is 6.01. The van der Waals surface area contributed by atoms with E-state index in [0.717, 1.165) is 23.8 Å². The predicted octanol–water partition coefficient (Wildman–Crippen LogP) is 1.67. The Morgan fingerprint density at radius 3 is 2.93 bits per heavy atom. The Balaban J connectivity index is 2.40. The maximum absolute atomic E-state index is 11.1. The lowest BCUT2D eigenvalue weighted by Crippen LogP contribution is -2.20. The van der Waals surface area contributed by atoms with Gasteiger partial charge in [-0.2, -0.15) is 4.37 Å². The van der Waals surface area contributed by atoms with Crippen molar-refractivity contribution in [3.05, 3.63) is 5.82 Å². The molecule has 2 atom stereocenters. The molecule has 0 saturated heterocycles. The van der Waals surface area contributed by atoms with Gasteiger partial charge in [-0.05, 0) is 13.3 Å². The molecule has 15 heavy (non-hydrogen) atoms. The Kier molecular flexibility index (Phi) is 5.17. The molecule has 0 fully saturated rings. The largest absolute Gasteiger partial charge is 0.359 e. The lowest BCUT2D eigenvalue weighted by molar-refractivity contribution is 0.679. The van der Waals surface area contributed by atoms with Gasteiger partial charge in [-0.15, -0.1) is 0 Å². The van der Waals surface area contributed by atoms with Gasteiger partial charge in [0.2, 0.25) is 5.13 Å². The van der Waals surface area contributed by atoms with Crippen LogP contribution in [0.1, 0.15) is 26.1 Å². The Morgan fingerprint density at radius 1 is 1.60 bits per heavy atom. The van der Waals surface area contributed by atoms with E-state index in [1.54, 1.807) is 6.26 Å². The molecular formula is C9H17N3OS2. The van der Waals surface area contributed by atoms with Crippen LogP contribution in [0.25, 0.3) is 0 Å². The van der Waals surface area contributed by atoms with E-state index in [0.29, 0.717) is 6.54 Å². The summed E-state index contributed by atoms with van der Waals surface area (Å²) < 4.78 is 15.3. The zero-order valence-corrected chi connectivity index (χ0v) is 11.0. The van der Waals surface area contributed by atoms with Crippen LogP contribution in [0, 0.1) is 0 Å². The number of nitrogens with zero attached hydrogens (tertiary/aromatic N) is 2. The van der Waals surface area contributed by atoms with Crippen molar-refractivity contribution in [3.8, 4) is 0 Å². The van der Waals surface area contributed by atoms with Gasteiger partial charge in [0.05, 0.1) is 0 Å². The summed E-state index contributed by atoms with van der Waals surface area (Å²) in [5.74, 6) is 0.898. The first-order valence-corrected chi connectivity index (χ1v) is 7.41. The highest BCUT2D eigenvalue weighted by molar-refractivity contribution is 7.84. The van der Waals surface area contributed by atoms with E-state index < -0.39 is 10.8 Å². The number of aromatic nitrogens is 2. The number of hydrogen-bond acceptors (Lipinski definition) is 5. The molecule has 4 nitrogen and oxygen atoms in total. The summed E-state index contributed by atoms with van der Waals surface area (Å²) in [5.41, 5.74) is 0. The van der Waals surface area contributed by atoms with Gasteiger partial charge < -0.3 is 5.32 Å². The first-order chi connectivity index (χ1) is 7.13. The molecule has 1 aromatic heterocycles. The fourth-order valence-electron chi connectivity index (χ4n) is 0.999. The van der Waals surface area contributed by atoms with E-state index in [4.69, 9.17) is 0 Å². The van der Waals surface area contributed by atoms with Gasteiger partial charge in [0, 0.05) is 46.8 Å². The Morgan fingerprint density at radius 2 is 2.33 bits per heavy atom. The van der Waals surface area contributed by atoms with Crippen LogP contribution in [0.5, 0.6) is 0 Å². The molecule has 0 aliphatic rings. The van der Waals surface area contributed by atoms with Gasteiger partial charge in [-0.3, -0.25) is 4.21 Å². The average molecular weight is 247 g/mol. The van der Waals surface area contributed by atoms with Gasteiger partial charge in [-0.1, -0.05) is 6.92 Å². The Bertz CT molecular complexity index is 327. The summed E-state index contributed by atoms with van der Waals surface area (Å²) in [7, 11) is -0.787. The summed E-state index contributed by atoms with van der Waals surface area (Å²) in [5, 5.41) is 4.13. The van der Waals surface area contributed by atoms with E-state index in [9.17, 15) is 4.21 Å². The molecule has 1 N–H and O–H groups in total. The van der Waals surface area contributed by atoms with E-state index in [1.807, 2.05) is 6.92 Å². The number of rotatable bonds is 6. The molecule has 86 valence electrons. The monoisotopic (exact) mass is 247 g/mol. The first kappa shape index (κ1) is 12.6. The molecule has 1 aromatic rings. The minimum Gasteiger partial charge on any atom is -0.359 e. The quantitative estimate of drug-likeness (QED) is 0.831. The highest BCUT2D eigenvalue weighted by Gasteiger charge is 2.07. The van der Waals surface area contributed by atoms with Crippen LogP contribution in [0.15, 0.2) is 0 Å². The standard InChI is InChI=1S/C9H17N3OS2/c1-4-5-8-11-9(14-12-8)10-6-7(2)15(3)13/h7H,4-6H2,1-3H3,(H,10,11,12). The maximum atomic E-state index is 11.1. The van der Waals surface area contributed by atoms with Crippen molar-refractivity contribution < 1.29 is 4.21 Å². The second kappa shape index (κ2) is 6.17. The molecule has 0 aliphatic carbocycles. The third kappa shape index (κ3) is 4.25. The van der Waals surface area contributed by atoms with Crippen molar-refractivity contribution in [1.82, 2.24) is 9.36 Å². The molecule has 1 heterocycles. The molecule has 1 rings (SSSR count). The van der Waals surface area contributed by atoms with Gasteiger partial charge in [0.25, 0.3) is 0 Å². The summed E-state index contributed by atoms with van der Waals surface area (Å²) in [4.78, 5) is 4.33. The van der Waals surface area contributed by atoms with E-state index in [1.165, 1.54) is 11.5 Å². The normalized spacial score (nSPS) is 14.9. The molecule has 0 aliphatic heterocycles. The van der Waals surface area contributed by atoms with Gasteiger partial charge in [0.15, 0.2) is 0 Å². The number of aryl methyl sites for hydroxylation is 1. The lowest BCUT2D eigenvalue weighted by atomic mass is 10.3. The van der Waals surface area contributed by atoms with Crippen molar-refractivity contribution in [3.63, 3.8) is 0 Å². The minimum atomic E-state index is -0.787. The summed E-state index contributed by atoms with van der Waals surface area (Å²) >= 11 is 1.37. The highest BCUT2D eigenvalue weighted by Crippen LogP contribution is 2.12. The number of nitrogens with one attached hydrogen (secondary N) is 1. The molecule has 6 heteroatoms. The van der Waals surface area contributed by atoms with Crippen molar-refractivity contribution in [2.24, 2.45) is 0 Å². The van der Waals surface area contributed by atoms with Crippen molar-refractivity contribution >= 4 is 27.5 Å². The fourth-order valence-corrected chi connectivity index (χ4v) is 1.94. The Labute approximate surface area is 97.1 Å². The molecule has 0 bridgehead atoms. The third-order valence-electron chi connectivity index (χ3n) is 2.05. The average Bonchev–Trinajstić information content (AvgIpc) is 2.62.